The molecule has 5 rings (SSSR count). The molecule has 5 aliphatic rings. The van der Waals surface area contributed by atoms with E-state index in [9.17, 15) is 0 Å². The van der Waals surface area contributed by atoms with Crippen LogP contribution in [-0.2, 0) is 4.74 Å². The number of rotatable bonds is 0. The Morgan fingerprint density at radius 1 is 1.09 bits per heavy atom. The predicted octanol–water partition coefficient (Wildman–Crippen LogP) is 5.30. The van der Waals surface area contributed by atoms with Gasteiger partial charge in [-0.3, -0.25) is 0 Å². The molecule has 1 saturated heterocycles. The van der Waals surface area contributed by atoms with Gasteiger partial charge in [0.2, 0.25) is 0 Å². The van der Waals surface area contributed by atoms with E-state index in [0.29, 0.717) is 23.2 Å². The lowest BCUT2D eigenvalue weighted by atomic mass is 9.49. The van der Waals surface area contributed by atoms with Gasteiger partial charge in [-0.1, -0.05) is 18.6 Å². The van der Waals surface area contributed by atoms with Gasteiger partial charge in [-0.15, -0.1) is 0 Å². The zero-order valence-corrected chi connectivity index (χ0v) is 14.7. The van der Waals surface area contributed by atoms with Crippen LogP contribution in [0.25, 0.3) is 0 Å². The molecular weight excluding hydrogens is 287 g/mol. The van der Waals surface area contributed by atoms with Crippen molar-refractivity contribution >= 4 is 0 Å². The fourth-order valence-electron chi connectivity index (χ4n) is 7.56. The molecule has 0 aromatic heterocycles. The zero-order valence-electron chi connectivity index (χ0n) is 14.7. The topological polar surface area (TPSA) is 12.5 Å². The second-order valence-corrected chi connectivity index (χ2v) is 9.54. The van der Waals surface area contributed by atoms with Crippen molar-refractivity contribution in [2.45, 2.75) is 77.0 Å². The molecule has 0 N–H and O–H groups in total. The average Bonchev–Trinajstić information content (AvgIpc) is 3.19. The van der Waals surface area contributed by atoms with Crippen molar-refractivity contribution in [1.29, 1.82) is 0 Å². The lowest BCUT2D eigenvalue weighted by molar-refractivity contribution is -0.0874. The van der Waals surface area contributed by atoms with E-state index < -0.39 is 6.17 Å². The summed E-state index contributed by atoms with van der Waals surface area (Å²) >= 11 is 0. The van der Waals surface area contributed by atoms with E-state index in [-0.39, 0.29) is 5.60 Å². The summed E-state index contributed by atoms with van der Waals surface area (Å²) in [4.78, 5) is 0. The smallest absolute Gasteiger partial charge is 0.104 e. The maximum absolute atomic E-state index is 15.2. The van der Waals surface area contributed by atoms with E-state index in [2.05, 4.69) is 19.9 Å². The second-order valence-electron chi connectivity index (χ2n) is 9.54. The summed E-state index contributed by atoms with van der Waals surface area (Å²) in [5.41, 5.74) is 2.18. The van der Waals surface area contributed by atoms with Crippen LogP contribution in [0.4, 0.5) is 4.39 Å². The van der Waals surface area contributed by atoms with Crippen LogP contribution in [0.15, 0.2) is 11.6 Å². The molecule has 1 spiro atoms. The first-order valence-electron chi connectivity index (χ1n) is 10.00. The first-order chi connectivity index (χ1) is 11.1. The normalized spacial score (nSPS) is 59.5. The molecule has 5 fully saturated rings. The van der Waals surface area contributed by atoms with E-state index in [1.807, 2.05) is 0 Å². The van der Waals surface area contributed by atoms with Crippen molar-refractivity contribution < 1.29 is 9.13 Å². The summed E-state index contributed by atoms with van der Waals surface area (Å²) in [6.07, 6.45) is 11.4. The minimum absolute atomic E-state index is 0.118. The van der Waals surface area contributed by atoms with Crippen LogP contribution >= 0.6 is 0 Å². The van der Waals surface area contributed by atoms with Crippen LogP contribution in [-0.4, -0.2) is 18.4 Å². The molecule has 2 heteroatoms. The molecule has 1 heterocycles. The highest BCUT2D eigenvalue weighted by Crippen LogP contribution is 2.65. The minimum atomic E-state index is -0.570. The second kappa shape index (κ2) is 4.84. The first-order valence-corrected chi connectivity index (χ1v) is 10.00. The van der Waals surface area contributed by atoms with Crippen LogP contribution < -0.4 is 0 Å². The molecule has 1 unspecified atom stereocenters. The van der Waals surface area contributed by atoms with E-state index >= 15 is 4.39 Å². The fraction of sp³-hybridized carbons (Fsp3) is 0.905. The highest BCUT2D eigenvalue weighted by atomic mass is 19.1. The van der Waals surface area contributed by atoms with Crippen molar-refractivity contribution in [3.05, 3.63) is 11.6 Å². The number of allylic oxidation sites excluding steroid dienone is 2. The number of halogens is 1. The molecule has 0 bridgehead atoms. The molecule has 0 aromatic carbocycles. The van der Waals surface area contributed by atoms with Gasteiger partial charge in [0.05, 0.1) is 12.2 Å². The Kier molecular flexibility index (Phi) is 3.14. The molecule has 4 saturated carbocycles. The number of fused-ring (bicyclic) bond motifs is 5. The lowest BCUT2D eigenvalue weighted by Crippen LogP contribution is -2.52. The molecule has 128 valence electrons. The number of hydrogen-bond acceptors (Lipinski definition) is 1. The highest BCUT2D eigenvalue weighted by Gasteiger charge is 2.60. The van der Waals surface area contributed by atoms with Crippen LogP contribution in [0, 0.1) is 35.0 Å². The average molecular weight is 318 g/mol. The van der Waals surface area contributed by atoms with E-state index in [1.165, 1.54) is 38.5 Å². The van der Waals surface area contributed by atoms with E-state index in [0.717, 1.165) is 31.3 Å². The highest BCUT2D eigenvalue weighted by molar-refractivity contribution is 5.23. The van der Waals surface area contributed by atoms with Gasteiger partial charge in [-0.2, -0.15) is 0 Å². The SMILES string of the molecule is C/C=C1/CC[C@H]2[C@@H]3C[C@@H](F)[C@H]4CC5(CC[C@@H]4[C@H]3CC[C@]12C)CO5. The fourth-order valence-corrected chi connectivity index (χ4v) is 7.56. The van der Waals surface area contributed by atoms with Gasteiger partial charge < -0.3 is 4.74 Å². The molecule has 1 aliphatic heterocycles. The predicted molar refractivity (Wildman–Crippen MR) is 89.8 cm³/mol. The van der Waals surface area contributed by atoms with E-state index in [4.69, 9.17) is 4.74 Å². The Morgan fingerprint density at radius 2 is 1.83 bits per heavy atom. The number of epoxide rings is 1. The quantitative estimate of drug-likeness (QED) is 0.436. The van der Waals surface area contributed by atoms with Crippen molar-refractivity contribution in [3.8, 4) is 0 Å². The summed E-state index contributed by atoms with van der Waals surface area (Å²) in [6, 6.07) is 0. The third-order valence-corrected chi connectivity index (χ3v) is 8.84. The molecule has 23 heavy (non-hydrogen) atoms. The molecule has 0 aromatic rings. The first kappa shape index (κ1) is 14.9. The largest absolute Gasteiger partial charge is 0.370 e. The van der Waals surface area contributed by atoms with Gasteiger partial charge in [-0.25, -0.2) is 4.39 Å². The summed E-state index contributed by atoms with van der Waals surface area (Å²) < 4.78 is 20.9. The summed E-state index contributed by atoms with van der Waals surface area (Å²) in [5, 5.41) is 0. The number of ether oxygens (including phenoxy) is 1. The van der Waals surface area contributed by atoms with Crippen LogP contribution in [0.5, 0.6) is 0 Å². The van der Waals surface area contributed by atoms with Gasteiger partial charge in [0.25, 0.3) is 0 Å². The van der Waals surface area contributed by atoms with Crippen molar-refractivity contribution in [2.75, 3.05) is 6.61 Å². The monoisotopic (exact) mass is 318 g/mol. The Morgan fingerprint density at radius 3 is 2.57 bits per heavy atom. The van der Waals surface area contributed by atoms with Crippen molar-refractivity contribution in [1.82, 2.24) is 0 Å². The van der Waals surface area contributed by atoms with Gasteiger partial charge in [0, 0.05) is 0 Å². The number of hydrogen-bond donors (Lipinski definition) is 0. The summed E-state index contributed by atoms with van der Waals surface area (Å²) in [6.45, 7) is 5.60. The van der Waals surface area contributed by atoms with Crippen molar-refractivity contribution in [2.24, 2.45) is 35.0 Å². The van der Waals surface area contributed by atoms with E-state index in [1.54, 1.807) is 5.57 Å². The minimum Gasteiger partial charge on any atom is -0.370 e. The molecule has 4 aliphatic carbocycles. The Balaban J connectivity index is 1.43. The standard InChI is InChI=1S/C21H31FO/c1-3-13-4-5-18-16-10-19(22)17-11-21(12-23-21)9-7-15(17)14(16)6-8-20(13,18)2/h3,14-19H,4-12H2,1-2H3/b13-3-/t14-,15-,16-,17+,18+,19-,20-,21?/m1/s1. The van der Waals surface area contributed by atoms with Crippen LogP contribution in [0.1, 0.15) is 65.2 Å². The molecule has 0 amide bonds. The maximum Gasteiger partial charge on any atom is 0.104 e. The lowest BCUT2D eigenvalue weighted by Gasteiger charge is -2.56. The van der Waals surface area contributed by atoms with Gasteiger partial charge >= 0.3 is 0 Å². The third kappa shape index (κ3) is 2.00. The Hall–Kier alpha value is -0.370. The molecule has 8 atom stereocenters. The summed E-state index contributed by atoms with van der Waals surface area (Å²) in [7, 11) is 0. The number of alkyl halides is 1. The van der Waals surface area contributed by atoms with Crippen LogP contribution in [0.3, 0.4) is 0 Å². The van der Waals surface area contributed by atoms with Crippen LogP contribution in [0.2, 0.25) is 0 Å². The van der Waals surface area contributed by atoms with Gasteiger partial charge in [0.15, 0.2) is 0 Å². The molecule has 1 nitrogen and oxygen atoms in total. The molecule has 0 radical (unpaired) electrons. The molecular formula is C21H31FO. The van der Waals surface area contributed by atoms with Gasteiger partial charge in [-0.05, 0) is 93.3 Å². The Bertz CT molecular complexity index is 536. The third-order valence-electron chi connectivity index (χ3n) is 8.84. The zero-order chi connectivity index (χ0) is 15.8. The maximum atomic E-state index is 15.2. The summed E-state index contributed by atoms with van der Waals surface area (Å²) in [5.74, 6) is 3.16. The Labute approximate surface area is 140 Å². The van der Waals surface area contributed by atoms with Gasteiger partial charge in [0.1, 0.15) is 6.17 Å². The van der Waals surface area contributed by atoms with Crippen molar-refractivity contribution in [3.63, 3.8) is 0 Å².